The van der Waals surface area contributed by atoms with Crippen molar-refractivity contribution in [2.24, 2.45) is 0 Å². The van der Waals surface area contributed by atoms with Gasteiger partial charge >= 0.3 is 0 Å². The molecule has 5 heteroatoms. The predicted octanol–water partition coefficient (Wildman–Crippen LogP) is 3.77. The largest absolute Gasteiger partial charge is 0.493 e. The molecule has 2 atom stereocenters. The second-order valence-electron chi connectivity index (χ2n) is 6.94. The van der Waals surface area contributed by atoms with Crippen LogP contribution in [0.2, 0.25) is 5.02 Å². The van der Waals surface area contributed by atoms with Crippen molar-refractivity contribution >= 4 is 17.5 Å². The van der Waals surface area contributed by atoms with Gasteiger partial charge in [-0.2, -0.15) is 0 Å². The summed E-state index contributed by atoms with van der Waals surface area (Å²) in [5, 5.41) is 4.11. The van der Waals surface area contributed by atoms with Crippen LogP contribution in [0.15, 0.2) is 48.5 Å². The van der Waals surface area contributed by atoms with Crippen molar-refractivity contribution in [1.29, 1.82) is 0 Å². The van der Waals surface area contributed by atoms with Crippen molar-refractivity contribution in [3.63, 3.8) is 0 Å². The highest BCUT2D eigenvalue weighted by Crippen LogP contribution is 2.36. The number of hydrogen-bond donors (Lipinski definition) is 1. The van der Waals surface area contributed by atoms with E-state index in [1.54, 1.807) is 0 Å². The minimum Gasteiger partial charge on any atom is -0.493 e. The van der Waals surface area contributed by atoms with Gasteiger partial charge in [-0.25, -0.2) is 0 Å². The third-order valence-electron chi connectivity index (χ3n) is 5.30. The smallest absolute Gasteiger partial charge is 0.223 e. The Morgan fingerprint density at radius 2 is 2.12 bits per heavy atom. The predicted molar refractivity (Wildman–Crippen MR) is 103 cm³/mol. The van der Waals surface area contributed by atoms with Crippen LogP contribution in [0, 0.1) is 0 Å². The van der Waals surface area contributed by atoms with E-state index < -0.39 is 0 Å². The quantitative estimate of drug-likeness (QED) is 0.894. The molecule has 26 heavy (non-hydrogen) atoms. The van der Waals surface area contributed by atoms with Crippen molar-refractivity contribution in [3.8, 4) is 5.75 Å². The number of nitrogens with zero attached hydrogens (tertiary/aromatic N) is 1. The molecule has 1 fully saturated rings. The summed E-state index contributed by atoms with van der Waals surface area (Å²) in [5.41, 5.74) is 2.24. The van der Waals surface area contributed by atoms with Gasteiger partial charge in [0.05, 0.1) is 12.6 Å². The molecule has 4 rings (SSSR count). The maximum atomic E-state index is 13.2. The molecule has 2 aliphatic rings. The van der Waals surface area contributed by atoms with E-state index in [0.29, 0.717) is 18.1 Å². The third kappa shape index (κ3) is 3.57. The highest BCUT2D eigenvalue weighted by Gasteiger charge is 2.31. The molecule has 0 aliphatic carbocycles. The average Bonchev–Trinajstić information content (AvgIpc) is 2.68. The summed E-state index contributed by atoms with van der Waals surface area (Å²) in [5.74, 6) is 1.35. The van der Waals surface area contributed by atoms with Crippen LogP contribution in [0.25, 0.3) is 0 Å². The molecule has 0 radical (unpaired) electrons. The van der Waals surface area contributed by atoms with E-state index in [9.17, 15) is 4.79 Å². The van der Waals surface area contributed by atoms with Gasteiger partial charge in [0, 0.05) is 31.1 Å². The number of carbonyl (C=O) groups is 1. The first-order chi connectivity index (χ1) is 12.7. The molecule has 1 N–H and O–H groups in total. The Morgan fingerprint density at radius 1 is 1.23 bits per heavy atom. The molecule has 2 aromatic carbocycles. The summed E-state index contributed by atoms with van der Waals surface area (Å²) in [7, 11) is 0. The Bertz CT molecular complexity index is 795. The molecule has 0 saturated carbocycles. The van der Waals surface area contributed by atoms with Crippen molar-refractivity contribution in [3.05, 3.63) is 64.7 Å². The lowest BCUT2D eigenvalue weighted by molar-refractivity contribution is -0.135. The fraction of sp³-hybridized carbons (Fsp3) is 0.381. The molecule has 0 bridgehead atoms. The number of fused-ring (bicyclic) bond motifs is 1. The minimum atomic E-state index is 0.0324. The van der Waals surface area contributed by atoms with Gasteiger partial charge in [-0.05, 0) is 41.7 Å². The molecule has 2 aromatic rings. The van der Waals surface area contributed by atoms with Gasteiger partial charge in [-0.15, -0.1) is 0 Å². The average molecular weight is 371 g/mol. The Balaban J connectivity index is 1.53. The van der Waals surface area contributed by atoms with Gasteiger partial charge in [0.15, 0.2) is 0 Å². The molecule has 2 heterocycles. The molecule has 1 saturated heterocycles. The fourth-order valence-corrected chi connectivity index (χ4v) is 4.17. The number of ether oxygens (including phenoxy) is 1. The normalized spacial score (nSPS) is 22.4. The van der Waals surface area contributed by atoms with Gasteiger partial charge < -0.3 is 15.0 Å². The molecular weight excluding hydrogens is 348 g/mol. The van der Waals surface area contributed by atoms with Crippen molar-refractivity contribution in [1.82, 2.24) is 10.2 Å². The lowest BCUT2D eigenvalue weighted by atomic mass is 9.89. The van der Waals surface area contributed by atoms with E-state index in [1.807, 2.05) is 47.4 Å². The fourth-order valence-electron chi connectivity index (χ4n) is 3.97. The number of nitrogens with one attached hydrogen (secondary N) is 1. The first-order valence-electron chi connectivity index (χ1n) is 9.20. The van der Waals surface area contributed by atoms with Crippen molar-refractivity contribution in [2.75, 3.05) is 26.2 Å². The van der Waals surface area contributed by atoms with E-state index in [-0.39, 0.29) is 17.9 Å². The Labute approximate surface area is 159 Å². The standard InChI is InChI=1S/C21H23ClN2O2/c22-17-5-3-4-16(12-17)19-14-23-9-10-24(19)21(25)13-15-8-11-26-20-7-2-1-6-18(15)20/h1-7,12,15,19,23H,8-11,13-14H2. The molecule has 136 valence electrons. The van der Waals surface area contributed by atoms with Gasteiger partial charge in [0.2, 0.25) is 5.91 Å². The summed E-state index contributed by atoms with van der Waals surface area (Å²) < 4.78 is 5.73. The van der Waals surface area contributed by atoms with E-state index in [1.165, 1.54) is 0 Å². The lowest BCUT2D eigenvalue weighted by Crippen LogP contribution is -2.49. The van der Waals surface area contributed by atoms with Crippen LogP contribution in [0.1, 0.15) is 35.9 Å². The molecule has 1 amide bonds. The monoisotopic (exact) mass is 370 g/mol. The number of carbonyl (C=O) groups excluding carboxylic acids is 1. The number of hydrogen-bond acceptors (Lipinski definition) is 3. The van der Waals surface area contributed by atoms with Gasteiger partial charge in [-0.3, -0.25) is 4.79 Å². The number of benzene rings is 2. The first kappa shape index (κ1) is 17.4. The molecule has 2 unspecified atom stereocenters. The number of rotatable bonds is 3. The maximum absolute atomic E-state index is 13.2. The van der Waals surface area contributed by atoms with Gasteiger partial charge in [0.1, 0.15) is 5.75 Å². The van der Waals surface area contributed by atoms with E-state index in [4.69, 9.17) is 16.3 Å². The van der Waals surface area contributed by atoms with Gasteiger partial charge in [0.25, 0.3) is 0 Å². The maximum Gasteiger partial charge on any atom is 0.223 e. The molecule has 2 aliphatic heterocycles. The van der Waals surface area contributed by atoms with Crippen LogP contribution in [0.5, 0.6) is 5.75 Å². The Hall–Kier alpha value is -2.04. The first-order valence-corrected chi connectivity index (χ1v) is 9.57. The SMILES string of the molecule is O=C(CC1CCOc2ccccc21)N1CCNCC1c1cccc(Cl)c1. The van der Waals surface area contributed by atoms with E-state index in [0.717, 1.165) is 42.9 Å². The molecule has 4 nitrogen and oxygen atoms in total. The zero-order chi connectivity index (χ0) is 17.9. The zero-order valence-electron chi connectivity index (χ0n) is 14.7. The Kier molecular flexibility index (Phi) is 5.14. The lowest BCUT2D eigenvalue weighted by Gasteiger charge is -2.38. The van der Waals surface area contributed by atoms with Crippen LogP contribution in [0.4, 0.5) is 0 Å². The summed E-state index contributed by atoms with van der Waals surface area (Å²) in [6.07, 6.45) is 1.41. The van der Waals surface area contributed by atoms with E-state index in [2.05, 4.69) is 11.4 Å². The highest BCUT2D eigenvalue weighted by atomic mass is 35.5. The summed E-state index contributed by atoms with van der Waals surface area (Å²) in [6.45, 7) is 2.98. The van der Waals surface area contributed by atoms with Crippen molar-refractivity contribution in [2.45, 2.75) is 24.8 Å². The Morgan fingerprint density at radius 3 is 3.00 bits per heavy atom. The second-order valence-corrected chi connectivity index (χ2v) is 7.37. The summed E-state index contributed by atoms with van der Waals surface area (Å²) in [4.78, 5) is 15.2. The van der Waals surface area contributed by atoms with Crippen LogP contribution in [0.3, 0.4) is 0 Å². The number of para-hydroxylation sites is 1. The van der Waals surface area contributed by atoms with Crippen LogP contribution >= 0.6 is 11.6 Å². The number of piperazine rings is 1. The van der Waals surface area contributed by atoms with E-state index >= 15 is 0 Å². The minimum absolute atomic E-state index is 0.0324. The van der Waals surface area contributed by atoms with Gasteiger partial charge in [-0.1, -0.05) is 41.9 Å². The van der Waals surface area contributed by atoms with Crippen LogP contribution in [-0.2, 0) is 4.79 Å². The van der Waals surface area contributed by atoms with Crippen LogP contribution in [-0.4, -0.2) is 37.0 Å². The number of halogens is 1. The topological polar surface area (TPSA) is 41.6 Å². The van der Waals surface area contributed by atoms with Crippen molar-refractivity contribution < 1.29 is 9.53 Å². The third-order valence-corrected chi connectivity index (χ3v) is 5.54. The van der Waals surface area contributed by atoms with Crippen LogP contribution < -0.4 is 10.1 Å². The molecule has 0 aromatic heterocycles. The molecule has 0 spiro atoms. The second kappa shape index (κ2) is 7.68. The number of amides is 1. The molecular formula is C21H23ClN2O2. The highest BCUT2D eigenvalue weighted by molar-refractivity contribution is 6.30. The summed E-state index contributed by atoms with van der Waals surface area (Å²) >= 11 is 6.17. The summed E-state index contributed by atoms with van der Waals surface area (Å²) in [6, 6.07) is 15.9. The zero-order valence-corrected chi connectivity index (χ0v) is 15.4.